The fourth-order valence-corrected chi connectivity index (χ4v) is 1.36. The molecule has 1 aromatic rings. The van der Waals surface area contributed by atoms with Crippen molar-refractivity contribution in [3.8, 4) is 0 Å². The molecule has 0 saturated heterocycles. The van der Waals surface area contributed by atoms with Crippen LogP contribution in [0.1, 0.15) is 13.8 Å². The number of allylic oxidation sites excluding steroid dienone is 1. The van der Waals surface area contributed by atoms with Crippen molar-refractivity contribution >= 4 is 23.2 Å². The van der Waals surface area contributed by atoms with Crippen molar-refractivity contribution in [2.24, 2.45) is 0 Å². The Kier molecular flexibility index (Phi) is 4.86. The van der Waals surface area contributed by atoms with E-state index in [9.17, 15) is 4.79 Å². The molecule has 0 aliphatic rings. The van der Waals surface area contributed by atoms with Crippen LogP contribution in [-0.4, -0.2) is 12.5 Å². The van der Waals surface area contributed by atoms with Gasteiger partial charge in [-0.3, -0.25) is 4.79 Å². The summed E-state index contributed by atoms with van der Waals surface area (Å²) in [6.07, 6.45) is 1.53. The molecule has 2 N–H and O–H groups in total. The zero-order chi connectivity index (χ0) is 12.0. The summed E-state index contributed by atoms with van der Waals surface area (Å²) in [6, 6.07) is 6.99. The molecule has 0 aliphatic carbocycles. The van der Waals surface area contributed by atoms with E-state index in [1.54, 1.807) is 24.3 Å². The Morgan fingerprint density at radius 2 is 2.00 bits per heavy atom. The van der Waals surface area contributed by atoms with Crippen molar-refractivity contribution in [2.45, 2.75) is 13.8 Å². The number of halogens is 1. The summed E-state index contributed by atoms with van der Waals surface area (Å²) in [7, 11) is 0. The maximum Gasteiger partial charge on any atom is 0.250 e. The number of rotatable bonds is 4. The number of nitrogens with one attached hydrogen (secondary N) is 2. The Balaban J connectivity index is 2.58. The highest BCUT2D eigenvalue weighted by Crippen LogP contribution is 2.13. The van der Waals surface area contributed by atoms with Gasteiger partial charge in [-0.15, -0.1) is 0 Å². The van der Waals surface area contributed by atoms with Crippen molar-refractivity contribution < 1.29 is 4.79 Å². The molecule has 0 radical (unpaired) electrons. The van der Waals surface area contributed by atoms with Crippen molar-refractivity contribution in [3.63, 3.8) is 0 Å². The molecule has 0 fully saturated rings. The molecule has 0 atom stereocenters. The molecule has 0 saturated carbocycles. The van der Waals surface area contributed by atoms with Crippen LogP contribution in [0.5, 0.6) is 0 Å². The minimum Gasteiger partial charge on any atom is -0.389 e. The molecule has 1 amide bonds. The molecule has 0 aliphatic heterocycles. The molecule has 3 nitrogen and oxygen atoms in total. The van der Waals surface area contributed by atoms with E-state index in [0.29, 0.717) is 5.02 Å². The third kappa shape index (κ3) is 4.36. The van der Waals surface area contributed by atoms with E-state index in [4.69, 9.17) is 11.6 Å². The Morgan fingerprint density at radius 1 is 1.38 bits per heavy atom. The van der Waals surface area contributed by atoms with E-state index in [2.05, 4.69) is 10.6 Å². The molecule has 86 valence electrons. The predicted octanol–water partition coefficient (Wildman–Crippen LogP) is 2.79. The zero-order valence-electron chi connectivity index (χ0n) is 9.38. The molecule has 0 heterocycles. The molecule has 0 spiro atoms. The molecular weight excluding hydrogens is 224 g/mol. The normalized spacial score (nSPS) is 11.1. The summed E-state index contributed by atoms with van der Waals surface area (Å²) < 4.78 is 0. The van der Waals surface area contributed by atoms with Gasteiger partial charge in [-0.2, -0.15) is 0 Å². The molecule has 16 heavy (non-hydrogen) atoms. The molecule has 0 bridgehead atoms. The van der Waals surface area contributed by atoms with E-state index in [1.165, 1.54) is 6.08 Å². The minimum atomic E-state index is -0.152. The summed E-state index contributed by atoms with van der Waals surface area (Å²) in [5.74, 6) is -0.152. The number of amides is 1. The van der Waals surface area contributed by atoms with Gasteiger partial charge in [0, 0.05) is 29.0 Å². The Hall–Kier alpha value is -1.48. The number of hydrogen-bond donors (Lipinski definition) is 2. The third-order valence-electron chi connectivity index (χ3n) is 1.91. The largest absolute Gasteiger partial charge is 0.389 e. The van der Waals surface area contributed by atoms with Gasteiger partial charge < -0.3 is 10.6 Å². The van der Waals surface area contributed by atoms with Gasteiger partial charge in [0.25, 0.3) is 0 Å². The number of hydrogen-bond acceptors (Lipinski definition) is 2. The van der Waals surface area contributed by atoms with Crippen molar-refractivity contribution in [3.05, 3.63) is 41.1 Å². The summed E-state index contributed by atoms with van der Waals surface area (Å²) >= 11 is 5.74. The standard InChI is InChI=1S/C12H15ClN2O/c1-3-14-9(2)8-12(16)15-11-6-4-10(13)5-7-11/h4-8,14H,3H2,1-2H3,(H,15,16). The lowest BCUT2D eigenvalue weighted by Gasteiger charge is -2.04. The highest BCUT2D eigenvalue weighted by atomic mass is 35.5. The van der Waals surface area contributed by atoms with Gasteiger partial charge >= 0.3 is 0 Å². The van der Waals surface area contributed by atoms with E-state index < -0.39 is 0 Å². The maximum atomic E-state index is 11.5. The smallest absolute Gasteiger partial charge is 0.250 e. The quantitative estimate of drug-likeness (QED) is 0.792. The van der Waals surface area contributed by atoms with Crippen molar-refractivity contribution in [2.75, 3.05) is 11.9 Å². The molecule has 1 rings (SSSR count). The van der Waals surface area contributed by atoms with Gasteiger partial charge in [-0.25, -0.2) is 0 Å². The SMILES string of the molecule is CCNC(C)=CC(=O)Nc1ccc(Cl)cc1. The van der Waals surface area contributed by atoms with Crippen LogP contribution < -0.4 is 10.6 Å². The van der Waals surface area contributed by atoms with Gasteiger partial charge in [0.05, 0.1) is 0 Å². The second-order valence-electron chi connectivity index (χ2n) is 3.35. The van der Waals surface area contributed by atoms with Crippen LogP contribution >= 0.6 is 11.6 Å². The van der Waals surface area contributed by atoms with Crippen LogP contribution in [0.2, 0.25) is 5.02 Å². The Bertz CT molecular complexity index is 385. The van der Waals surface area contributed by atoms with Crippen LogP contribution in [-0.2, 0) is 4.79 Å². The molecule has 0 aromatic heterocycles. The summed E-state index contributed by atoms with van der Waals surface area (Å²) in [6.45, 7) is 4.63. The monoisotopic (exact) mass is 238 g/mol. The van der Waals surface area contributed by atoms with E-state index in [1.807, 2.05) is 13.8 Å². The third-order valence-corrected chi connectivity index (χ3v) is 2.17. The van der Waals surface area contributed by atoms with Gasteiger partial charge in [-0.1, -0.05) is 11.6 Å². The fourth-order valence-electron chi connectivity index (χ4n) is 1.24. The summed E-state index contributed by atoms with van der Waals surface area (Å²) in [5.41, 5.74) is 1.57. The first-order valence-corrected chi connectivity index (χ1v) is 5.48. The maximum absolute atomic E-state index is 11.5. The first-order valence-electron chi connectivity index (χ1n) is 5.10. The lowest BCUT2D eigenvalue weighted by Crippen LogP contribution is -2.14. The predicted molar refractivity (Wildman–Crippen MR) is 67.5 cm³/mol. The number of carbonyl (C=O) groups excluding carboxylic acids is 1. The van der Waals surface area contributed by atoms with Crippen LogP contribution in [0.3, 0.4) is 0 Å². The first kappa shape index (κ1) is 12.6. The topological polar surface area (TPSA) is 41.1 Å². The number of benzene rings is 1. The van der Waals surface area contributed by atoms with Gasteiger partial charge in [-0.05, 0) is 38.1 Å². The Morgan fingerprint density at radius 3 is 2.56 bits per heavy atom. The highest BCUT2D eigenvalue weighted by molar-refractivity contribution is 6.30. The van der Waals surface area contributed by atoms with Crippen LogP contribution in [0, 0.1) is 0 Å². The zero-order valence-corrected chi connectivity index (χ0v) is 10.1. The molecule has 1 aromatic carbocycles. The molecular formula is C12H15ClN2O. The van der Waals surface area contributed by atoms with Gasteiger partial charge in [0.1, 0.15) is 0 Å². The molecule has 0 unspecified atom stereocenters. The number of anilines is 1. The fraction of sp³-hybridized carbons (Fsp3) is 0.250. The average Bonchev–Trinajstić information content (AvgIpc) is 2.21. The lowest BCUT2D eigenvalue weighted by molar-refractivity contribution is -0.112. The first-order chi connectivity index (χ1) is 7.61. The van der Waals surface area contributed by atoms with E-state index in [0.717, 1.165) is 17.9 Å². The van der Waals surface area contributed by atoms with Crippen molar-refractivity contribution in [1.82, 2.24) is 5.32 Å². The van der Waals surface area contributed by atoms with Crippen LogP contribution in [0.15, 0.2) is 36.0 Å². The number of carbonyl (C=O) groups is 1. The minimum absolute atomic E-state index is 0.152. The average molecular weight is 239 g/mol. The van der Waals surface area contributed by atoms with Gasteiger partial charge in [0.2, 0.25) is 5.91 Å². The second kappa shape index (κ2) is 6.18. The van der Waals surface area contributed by atoms with Gasteiger partial charge in [0.15, 0.2) is 0 Å². The van der Waals surface area contributed by atoms with Crippen LogP contribution in [0.25, 0.3) is 0 Å². The second-order valence-corrected chi connectivity index (χ2v) is 3.79. The van der Waals surface area contributed by atoms with Crippen LogP contribution in [0.4, 0.5) is 5.69 Å². The molecule has 4 heteroatoms. The van der Waals surface area contributed by atoms with E-state index >= 15 is 0 Å². The lowest BCUT2D eigenvalue weighted by atomic mass is 10.3. The van der Waals surface area contributed by atoms with Crippen molar-refractivity contribution in [1.29, 1.82) is 0 Å². The van der Waals surface area contributed by atoms with E-state index in [-0.39, 0.29) is 5.91 Å². The summed E-state index contributed by atoms with van der Waals surface area (Å²) in [4.78, 5) is 11.5. The highest BCUT2D eigenvalue weighted by Gasteiger charge is 1.99. The summed E-state index contributed by atoms with van der Waals surface area (Å²) in [5, 5.41) is 6.45. The Labute approximate surface area is 100 Å².